The third-order valence-corrected chi connectivity index (χ3v) is 4.33. The highest BCUT2D eigenvalue weighted by Crippen LogP contribution is 2.14. The molecule has 0 saturated heterocycles. The SMILES string of the molecule is Cc1ccccc1CNc1ccnc(C(=O)N(C)Cc2ccccc2)c1. The summed E-state index contributed by atoms with van der Waals surface area (Å²) in [5, 5.41) is 3.37. The molecule has 1 amide bonds. The Morgan fingerprint density at radius 3 is 2.54 bits per heavy atom. The molecule has 1 N–H and O–H groups in total. The van der Waals surface area contributed by atoms with Gasteiger partial charge < -0.3 is 10.2 Å². The van der Waals surface area contributed by atoms with E-state index in [0.717, 1.165) is 11.3 Å². The zero-order valence-corrected chi connectivity index (χ0v) is 15.1. The standard InChI is InChI=1S/C22H23N3O/c1-17-8-6-7-11-19(17)15-24-20-12-13-23-21(14-20)22(26)25(2)16-18-9-4-3-5-10-18/h3-14H,15-16H2,1-2H3,(H,23,24). The summed E-state index contributed by atoms with van der Waals surface area (Å²) in [4.78, 5) is 18.6. The van der Waals surface area contributed by atoms with Crippen molar-refractivity contribution < 1.29 is 4.79 Å². The molecule has 0 radical (unpaired) electrons. The topological polar surface area (TPSA) is 45.2 Å². The van der Waals surface area contributed by atoms with Crippen LogP contribution in [0.25, 0.3) is 0 Å². The number of carbonyl (C=O) groups excluding carboxylic acids is 1. The predicted molar refractivity (Wildman–Crippen MR) is 105 cm³/mol. The van der Waals surface area contributed by atoms with Crippen LogP contribution >= 0.6 is 0 Å². The van der Waals surface area contributed by atoms with Crippen molar-refractivity contribution in [3.05, 3.63) is 95.3 Å². The van der Waals surface area contributed by atoms with Crippen LogP contribution in [0.15, 0.2) is 72.9 Å². The Labute approximate surface area is 154 Å². The number of benzene rings is 2. The van der Waals surface area contributed by atoms with E-state index in [9.17, 15) is 4.79 Å². The molecule has 1 aromatic heterocycles. The maximum Gasteiger partial charge on any atom is 0.272 e. The predicted octanol–water partition coefficient (Wildman–Crippen LogP) is 4.27. The maximum absolute atomic E-state index is 12.7. The second kappa shape index (κ2) is 8.30. The molecule has 4 heteroatoms. The number of hydrogen-bond acceptors (Lipinski definition) is 3. The van der Waals surface area contributed by atoms with Crippen molar-refractivity contribution in [2.45, 2.75) is 20.0 Å². The van der Waals surface area contributed by atoms with Crippen molar-refractivity contribution >= 4 is 11.6 Å². The van der Waals surface area contributed by atoms with Gasteiger partial charge in [0.05, 0.1) is 0 Å². The molecule has 0 aliphatic rings. The fourth-order valence-corrected chi connectivity index (χ4v) is 2.79. The smallest absolute Gasteiger partial charge is 0.272 e. The van der Waals surface area contributed by atoms with E-state index in [1.165, 1.54) is 11.1 Å². The first-order valence-corrected chi connectivity index (χ1v) is 8.67. The van der Waals surface area contributed by atoms with Gasteiger partial charge in [0.25, 0.3) is 5.91 Å². The Morgan fingerprint density at radius 2 is 1.77 bits per heavy atom. The van der Waals surface area contributed by atoms with E-state index in [4.69, 9.17) is 0 Å². The summed E-state index contributed by atoms with van der Waals surface area (Å²) in [7, 11) is 1.80. The van der Waals surface area contributed by atoms with Gasteiger partial charge >= 0.3 is 0 Å². The molecule has 4 nitrogen and oxygen atoms in total. The summed E-state index contributed by atoms with van der Waals surface area (Å²) in [5.41, 5.74) is 4.90. The number of hydrogen-bond donors (Lipinski definition) is 1. The molecule has 0 spiro atoms. The van der Waals surface area contributed by atoms with Crippen LogP contribution in [0.2, 0.25) is 0 Å². The molecule has 0 atom stereocenters. The fraction of sp³-hybridized carbons (Fsp3) is 0.182. The number of aryl methyl sites for hydroxylation is 1. The summed E-state index contributed by atoms with van der Waals surface area (Å²) in [6.07, 6.45) is 1.67. The Kier molecular flexibility index (Phi) is 5.64. The summed E-state index contributed by atoms with van der Waals surface area (Å²) >= 11 is 0. The normalized spacial score (nSPS) is 10.4. The number of carbonyl (C=O) groups is 1. The average Bonchev–Trinajstić information content (AvgIpc) is 2.68. The molecule has 132 valence electrons. The van der Waals surface area contributed by atoms with Crippen molar-refractivity contribution in [1.29, 1.82) is 0 Å². The van der Waals surface area contributed by atoms with Gasteiger partial charge in [-0.1, -0.05) is 54.6 Å². The minimum absolute atomic E-state index is 0.0894. The van der Waals surface area contributed by atoms with Crippen LogP contribution < -0.4 is 5.32 Å². The van der Waals surface area contributed by atoms with Crippen LogP contribution in [0.5, 0.6) is 0 Å². The van der Waals surface area contributed by atoms with E-state index >= 15 is 0 Å². The van der Waals surface area contributed by atoms with Gasteiger partial charge in [-0.25, -0.2) is 0 Å². The quantitative estimate of drug-likeness (QED) is 0.725. The van der Waals surface area contributed by atoms with E-state index in [-0.39, 0.29) is 5.91 Å². The zero-order valence-electron chi connectivity index (χ0n) is 15.1. The van der Waals surface area contributed by atoms with Crippen molar-refractivity contribution in [2.75, 3.05) is 12.4 Å². The van der Waals surface area contributed by atoms with Gasteiger partial charge in [0.2, 0.25) is 0 Å². The minimum atomic E-state index is -0.0894. The molecular formula is C22H23N3O. The molecule has 0 fully saturated rings. The zero-order chi connectivity index (χ0) is 18.4. The highest BCUT2D eigenvalue weighted by atomic mass is 16.2. The molecule has 26 heavy (non-hydrogen) atoms. The van der Waals surface area contributed by atoms with Gasteiger partial charge in [-0.2, -0.15) is 0 Å². The number of nitrogens with one attached hydrogen (secondary N) is 1. The lowest BCUT2D eigenvalue weighted by atomic mass is 10.1. The van der Waals surface area contributed by atoms with E-state index in [2.05, 4.69) is 29.4 Å². The van der Waals surface area contributed by atoms with E-state index in [0.29, 0.717) is 18.8 Å². The molecule has 3 rings (SSSR count). The van der Waals surface area contributed by atoms with Gasteiger partial charge in [-0.15, -0.1) is 0 Å². The van der Waals surface area contributed by atoms with Gasteiger partial charge in [0, 0.05) is 32.0 Å². The molecule has 0 unspecified atom stereocenters. The van der Waals surface area contributed by atoms with Crippen molar-refractivity contribution in [3.8, 4) is 0 Å². The Hall–Kier alpha value is -3.14. The maximum atomic E-state index is 12.7. The first kappa shape index (κ1) is 17.7. The first-order valence-electron chi connectivity index (χ1n) is 8.67. The average molecular weight is 345 g/mol. The summed E-state index contributed by atoms with van der Waals surface area (Å²) in [6, 6.07) is 21.9. The number of amides is 1. The Bertz CT molecular complexity index is 877. The van der Waals surface area contributed by atoms with E-state index in [1.54, 1.807) is 18.1 Å². The summed E-state index contributed by atoms with van der Waals surface area (Å²) in [5.74, 6) is -0.0894. The van der Waals surface area contributed by atoms with Crippen molar-refractivity contribution in [1.82, 2.24) is 9.88 Å². The highest BCUT2D eigenvalue weighted by Gasteiger charge is 2.14. The third-order valence-electron chi connectivity index (χ3n) is 4.33. The van der Waals surface area contributed by atoms with Crippen LogP contribution in [-0.2, 0) is 13.1 Å². The molecule has 0 aliphatic heterocycles. The number of nitrogens with zero attached hydrogens (tertiary/aromatic N) is 2. The van der Waals surface area contributed by atoms with Gasteiger partial charge in [0.1, 0.15) is 5.69 Å². The summed E-state index contributed by atoms with van der Waals surface area (Å²) < 4.78 is 0. The Morgan fingerprint density at radius 1 is 1.04 bits per heavy atom. The number of anilines is 1. The van der Waals surface area contributed by atoms with Crippen LogP contribution in [-0.4, -0.2) is 22.8 Å². The van der Waals surface area contributed by atoms with Crippen molar-refractivity contribution in [2.24, 2.45) is 0 Å². The molecule has 0 bridgehead atoms. The molecular weight excluding hydrogens is 322 g/mol. The molecule has 0 aliphatic carbocycles. The third kappa shape index (κ3) is 4.48. The lowest BCUT2D eigenvalue weighted by Crippen LogP contribution is -2.27. The largest absolute Gasteiger partial charge is 0.381 e. The lowest BCUT2D eigenvalue weighted by Gasteiger charge is -2.17. The first-order chi connectivity index (χ1) is 12.6. The second-order valence-corrected chi connectivity index (χ2v) is 6.36. The highest BCUT2D eigenvalue weighted by molar-refractivity contribution is 5.92. The van der Waals surface area contributed by atoms with Crippen LogP contribution in [0.1, 0.15) is 27.2 Å². The molecule has 2 aromatic carbocycles. The molecule has 3 aromatic rings. The molecule has 1 heterocycles. The molecule has 0 saturated carbocycles. The van der Waals surface area contributed by atoms with Crippen LogP contribution in [0, 0.1) is 6.92 Å². The fourth-order valence-electron chi connectivity index (χ4n) is 2.79. The van der Waals surface area contributed by atoms with Gasteiger partial charge in [0.15, 0.2) is 0 Å². The number of aromatic nitrogens is 1. The van der Waals surface area contributed by atoms with Gasteiger partial charge in [-0.05, 0) is 35.7 Å². The van der Waals surface area contributed by atoms with Crippen LogP contribution in [0.4, 0.5) is 5.69 Å². The van der Waals surface area contributed by atoms with Crippen molar-refractivity contribution in [3.63, 3.8) is 0 Å². The second-order valence-electron chi connectivity index (χ2n) is 6.36. The van der Waals surface area contributed by atoms with E-state index < -0.39 is 0 Å². The number of rotatable bonds is 6. The Balaban J connectivity index is 1.66. The number of pyridine rings is 1. The minimum Gasteiger partial charge on any atom is -0.381 e. The summed E-state index contributed by atoms with van der Waals surface area (Å²) in [6.45, 7) is 3.36. The van der Waals surface area contributed by atoms with Gasteiger partial charge in [-0.3, -0.25) is 9.78 Å². The lowest BCUT2D eigenvalue weighted by molar-refractivity contribution is 0.0779. The monoisotopic (exact) mass is 345 g/mol. The van der Waals surface area contributed by atoms with Crippen LogP contribution in [0.3, 0.4) is 0 Å². The van der Waals surface area contributed by atoms with E-state index in [1.807, 2.05) is 54.6 Å².